The summed E-state index contributed by atoms with van der Waals surface area (Å²) < 4.78 is 44.0. The van der Waals surface area contributed by atoms with Crippen LogP contribution >= 0.6 is 0 Å². The molecule has 10 nitrogen and oxygen atoms in total. The van der Waals surface area contributed by atoms with Crippen molar-refractivity contribution in [3.63, 3.8) is 0 Å². The minimum atomic E-state index is -1.20. The standard InChI is InChI=1S/C22H30F3N9O.2H2/c1-21(2)9-12(10-22(3,4)33(21)6)29-18-14(24)11-28-19(31-18)30-15-8-7-13(23)17(16(15)25)34(32-26)20(35)27-5;;/h7-8,11-12,26H,9-10H2,1-6H3,(H,27,35)(H2,28,29,30,31);2*1H. The number of rotatable bonds is 6. The van der Waals surface area contributed by atoms with Crippen molar-refractivity contribution in [2.75, 3.05) is 29.7 Å². The van der Waals surface area contributed by atoms with Gasteiger partial charge in [-0.25, -0.2) is 22.9 Å². The number of urea groups is 1. The summed E-state index contributed by atoms with van der Waals surface area (Å²) in [7, 11) is 3.29. The van der Waals surface area contributed by atoms with Crippen LogP contribution in [0.5, 0.6) is 0 Å². The van der Waals surface area contributed by atoms with Gasteiger partial charge in [0, 0.05) is 27.0 Å². The van der Waals surface area contributed by atoms with E-state index in [2.05, 4.69) is 70.8 Å². The third-order valence-corrected chi connectivity index (χ3v) is 6.42. The Balaban J connectivity index is 0.00000342. The Kier molecular flexibility index (Phi) is 7.20. The number of hydrogen-bond donors (Lipinski definition) is 4. The van der Waals surface area contributed by atoms with Gasteiger partial charge in [-0.2, -0.15) is 15.5 Å². The van der Waals surface area contributed by atoms with Crippen LogP contribution in [0.1, 0.15) is 43.4 Å². The quantitative estimate of drug-likeness (QED) is 0.318. The van der Waals surface area contributed by atoms with Gasteiger partial charge in [-0.05, 0) is 59.7 Å². The Bertz CT molecular complexity index is 1120. The van der Waals surface area contributed by atoms with Gasteiger partial charge in [0.15, 0.2) is 23.3 Å². The van der Waals surface area contributed by atoms with Crippen LogP contribution in [0, 0.1) is 23.0 Å². The number of nitrogens with zero attached hydrogens (tertiary/aromatic N) is 5. The van der Waals surface area contributed by atoms with E-state index in [-0.39, 0.29) is 42.4 Å². The van der Waals surface area contributed by atoms with Crippen molar-refractivity contribution >= 4 is 29.2 Å². The van der Waals surface area contributed by atoms with Gasteiger partial charge in [0.05, 0.1) is 11.9 Å². The number of nitrogens with one attached hydrogen (secondary N) is 4. The number of likely N-dealkylation sites (tertiary alicyclic amines) is 1. The number of carbonyl (C=O) groups is 1. The summed E-state index contributed by atoms with van der Waals surface area (Å²) in [5, 5.41) is 11.0. The average molecular weight is 498 g/mol. The van der Waals surface area contributed by atoms with E-state index in [9.17, 15) is 13.6 Å². The number of halogens is 3. The van der Waals surface area contributed by atoms with E-state index in [4.69, 9.17) is 5.53 Å². The summed E-state index contributed by atoms with van der Waals surface area (Å²) in [6, 6.07) is 0.876. The molecule has 0 atom stereocenters. The third kappa shape index (κ3) is 5.29. The summed E-state index contributed by atoms with van der Waals surface area (Å²) in [4.78, 5) is 22.2. The van der Waals surface area contributed by atoms with Crippen molar-refractivity contribution in [3.05, 3.63) is 35.8 Å². The zero-order chi connectivity index (χ0) is 26.1. The van der Waals surface area contributed by atoms with Gasteiger partial charge in [0.2, 0.25) is 5.95 Å². The Labute approximate surface area is 204 Å². The summed E-state index contributed by atoms with van der Waals surface area (Å²) in [6.07, 6.45) is 2.42. The summed E-state index contributed by atoms with van der Waals surface area (Å²) in [5.41, 5.74) is 5.68. The lowest BCUT2D eigenvalue weighted by atomic mass is 9.77. The number of piperidine rings is 1. The molecule has 0 radical (unpaired) electrons. The summed E-state index contributed by atoms with van der Waals surface area (Å²) >= 11 is 0. The van der Waals surface area contributed by atoms with E-state index in [1.165, 1.54) is 7.05 Å². The first kappa shape index (κ1) is 26.1. The Morgan fingerprint density at radius 1 is 1.20 bits per heavy atom. The normalized spacial score (nSPS) is 17.5. The molecule has 0 spiro atoms. The van der Waals surface area contributed by atoms with Gasteiger partial charge in [-0.1, -0.05) is 5.22 Å². The minimum absolute atomic E-state index is 0. The molecule has 2 aromatic rings. The second-order valence-corrected chi connectivity index (χ2v) is 9.67. The molecule has 0 saturated carbocycles. The molecule has 13 heteroatoms. The molecule has 4 N–H and O–H groups in total. The van der Waals surface area contributed by atoms with E-state index < -0.39 is 29.2 Å². The third-order valence-electron chi connectivity index (χ3n) is 6.42. The first-order valence-corrected chi connectivity index (χ1v) is 11.0. The van der Waals surface area contributed by atoms with Crippen molar-refractivity contribution < 1.29 is 20.8 Å². The molecule has 0 unspecified atom stereocenters. The largest absolute Gasteiger partial charge is 0.365 e. The van der Waals surface area contributed by atoms with E-state index in [1.807, 2.05) is 0 Å². The molecule has 194 valence electrons. The van der Waals surface area contributed by atoms with Crippen LogP contribution in [0.25, 0.3) is 0 Å². The van der Waals surface area contributed by atoms with Crippen LogP contribution in [-0.4, -0.2) is 52.1 Å². The number of anilines is 4. The number of amides is 2. The molecule has 1 fully saturated rings. The highest BCUT2D eigenvalue weighted by Gasteiger charge is 2.43. The van der Waals surface area contributed by atoms with Crippen LogP contribution in [-0.2, 0) is 0 Å². The lowest BCUT2D eigenvalue weighted by Gasteiger charge is -2.53. The Hall–Kier alpha value is -3.48. The van der Waals surface area contributed by atoms with Crippen LogP contribution in [0.4, 0.5) is 41.1 Å². The number of aromatic nitrogens is 2. The fourth-order valence-corrected chi connectivity index (χ4v) is 4.45. The SMILES string of the molecule is CNC(=O)N(N=N)c1c(F)ccc(Nc2ncc(F)c(NC3CC(C)(C)N(C)C(C)(C)C3)n2)c1F.[HH].[HH]. The zero-order valence-electron chi connectivity index (χ0n) is 20.5. The Morgan fingerprint density at radius 2 is 1.83 bits per heavy atom. The number of hydrogen-bond acceptors (Lipinski definition) is 8. The van der Waals surface area contributed by atoms with E-state index in [1.54, 1.807) is 0 Å². The summed E-state index contributed by atoms with van der Waals surface area (Å²) in [5.74, 6) is -3.19. The molecule has 3 rings (SSSR count). The molecule has 2 heterocycles. The van der Waals surface area contributed by atoms with E-state index in [0.29, 0.717) is 0 Å². The van der Waals surface area contributed by atoms with Gasteiger partial charge in [-0.15, -0.1) is 0 Å². The molecule has 1 saturated heterocycles. The maximum atomic E-state index is 15.1. The first-order chi connectivity index (χ1) is 16.3. The van der Waals surface area contributed by atoms with Gasteiger partial charge in [-0.3, -0.25) is 4.90 Å². The molecule has 2 amide bonds. The summed E-state index contributed by atoms with van der Waals surface area (Å²) in [6.45, 7) is 8.47. The van der Waals surface area contributed by atoms with Crippen LogP contribution in [0.3, 0.4) is 0 Å². The number of benzene rings is 1. The van der Waals surface area contributed by atoms with Gasteiger partial charge >= 0.3 is 6.03 Å². The molecular weight excluding hydrogens is 463 g/mol. The second kappa shape index (κ2) is 9.64. The van der Waals surface area contributed by atoms with Crippen molar-refractivity contribution in [2.24, 2.45) is 5.22 Å². The molecule has 1 aromatic heterocycles. The lowest BCUT2D eigenvalue weighted by molar-refractivity contribution is -0.00778. The maximum Gasteiger partial charge on any atom is 0.343 e. The predicted molar refractivity (Wildman–Crippen MR) is 131 cm³/mol. The monoisotopic (exact) mass is 497 g/mol. The van der Waals surface area contributed by atoms with Crippen LogP contribution in [0.2, 0.25) is 0 Å². The fraction of sp³-hybridized carbons (Fsp3) is 0.500. The first-order valence-electron chi connectivity index (χ1n) is 11.0. The van der Waals surface area contributed by atoms with Crippen LogP contribution < -0.4 is 21.0 Å². The molecule has 35 heavy (non-hydrogen) atoms. The van der Waals surface area contributed by atoms with E-state index in [0.717, 1.165) is 31.2 Å². The predicted octanol–water partition coefficient (Wildman–Crippen LogP) is 5.28. The molecule has 1 aliphatic rings. The fourth-order valence-electron chi connectivity index (χ4n) is 4.45. The van der Waals surface area contributed by atoms with Gasteiger partial charge < -0.3 is 16.0 Å². The van der Waals surface area contributed by atoms with E-state index >= 15 is 4.39 Å². The van der Waals surface area contributed by atoms with Crippen molar-refractivity contribution in [1.82, 2.24) is 20.2 Å². The van der Waals surface area contributed by atoms with Crippen molar-refractivity contribution in [1.29, 1.82) is 5.53 Å². The highest BCUT2D eigenvalue weighted by atomic mass is 19.1. The molecule has 0 bridgehead atoms. The molecule has 0 aliphatic carbocycles. The highest BCUT2D eigenvalue weighted by Crippen LogP contribution is 2.38. The minimum Gasteiger partial charge on any atom is -0.365 e. The molecule has 1 aromatic carbocycles. The average Bonchev–Trinajstić information content (AvgIpc) is 2.78. The van der Waals surface area contributed by atoms with Gasteiger partial charge in [0.1, 0.15) is 5.69 Å². The smallest absolute Gasteiger partial charge is 0.343 e. The molecule has 1 aliphatic heterocycles. The highest BCUT2D eigenvalue weighted by molar-refractivity contribution is 5.92. The zero-order valence-corrected chi connectivity index (χ0v) is 20.5. The maximum absolute atomic E-state index is 15.1. The number of carbonyl (C=O) groups excluding carboxylic acids is 1. The Morgan fingerprint density at radius 3 is 2.40 bits per heavy atom. The van der Waals surface area contributed by atoms with Gasteiger partial charge in [0.25, 0.3) is 0 Å². The topological polar surface area (TPSA) is 122 Å². The van der Waals surface area contributed by atoms with Crippen molar-refractivity contribution in [2.45, 2.75) is 57.7 Å². The van der Waals surface area contributed by atoms with Crippen molar-refractivity contribution in [3.8, 4) is 0 Å². The molecular formula is C22H34F3N9O. The lowest BCUT2D eigenvalue weighted by Crippen LogP contribution is -2.61. The second-order valence-electron chi connectivity index (χ2n) is 9.67. The van der Waals surface area contributed by atoms with Crippen LogP contribution in [0.15, 0.2) is 23.6 Å².